The molecule has 2 rings (SSSR count). The Morgan fingerprint density at radius 1 is 1.20 bits per heavy atom. The molecule has 1 nitrogen and oxygen atoms in total. The summed E-state index contributed by atoms with van der Waals surface area (Å²) in [6.45, 7) is 6.97. The Labute approximate surface area is 92.1 Å². The lowest BCUT2D eigenvalue weighted by molar-refractivity contribution is 0.216. The molecular formula is C14H20O. The number of phenols is 1. The van der Waals surface area contributed by atoms with Crippen LogP contribution in [0.4, 0.5) is 0 Å². The molecule has 1 aromatic carbocycles. The van der Waals surface area contributed by atoms with E-state index in [9.17, 15) is 5.11 Å². The van der Waals surface area contributed by atoms with E-state index in [-0.39, 0.29) is 0 Å². The maximum Gasteiger partial charge on any atom is 0.115 e. The van der Waals surface area contributed by atoms with Crippen molar-refractivity contribution in [3.63, 3.8) is 0 Å². The van der Waals surface area contributed by atoms with Crippen LogP contribution in [0.1, 0.15) is 38.3 Å². The fourth-order valence-electron chi connectivity index (χ4n) is 2.48. The van der Waals surface area contributed by atoms with Gasteiger partial charge in [-0.25, -0.2) is 0 Å². The molecule has 0 saturated heterocycles. The van der Waals surface area contributed by atoms with Crippen molar-refractivity contribution in [2.75, 3.05) is 0 Å². The molecule has 1 aliphatic carbocycles. The van der Waals surface area contributed by atoms with Gasteiger partial charge in [-0.05, 0) is 53.9 Å². The summed E-state index contributed by atoms with van der Waals surface area (Å²) in [7, 11) is 0. The SMILES string of the molecule is CC(C)(C)[C@H]1CCc2cc(O)ccc2C1. The smallest absolute Gasteiger partial charge is 0.115 e. The van der Waals surface area contributed by atoms with E-state index in [1.165, 1.54) is 24.0 Å². The van der Waals surface area contributed by atoms with Crippen molar-refractivity contribution >= 4 is 0 Å². The largest absolute Gasteiger partial charge is 0.508 e. The van der Waals surface area contributed by atoms with Crippen LogP contribution in [0.5, 0.6) is 5.75 Å². The molecule has 0 saturated carbocycles. The van der Waals surface area contributed by atoms with Crippen LogP contribution < -0.4 is 0 Å². The van der Waals surface area contributed by atoms with E-state index in [4.69, 9.17) is 0 Å². The van der Waals surface area contributed by atoms with E-state index >= 15 is 0 Å². The zero-order valence-corrected chi connectivity index (χ0v) is 9.88. The monoisotopic (exact) mass is 204 g/mol. The number of aromatic hydroxyl groups is 1. The van der Waals surface area contributed by atoms with Crippen LogP contribution in [0.25, 0.3) is 0 Å². The van der Waals surface area contributed by atoms with Crippen molar-refractivity contribution in [1.82, 2.24) is 0 Å². The van der Waals surface area contributed by atoms with E-state index in [0.29, 0.717) is 11.2 Å². The minimum absolute atomic E-state index is 0.398. The predicted molar refractivity (Wildman–Crippen MR) is 63.1 cm³/mol. The molecule has 0 aromatic heterocycles. The molecule has 0 heterocycles. The zero-order valence-electron chi connectivity index (χ0n) is 9.88. The lowest BCUT2D eigenvalue weighted by Crippen LogP contribution is -2.26. The summed E-state index contributed by atoms with van der Waals surface area (Å²) in [6.07, 6.45) is 3.53. The van der Waals surface area contributed by atoms with E-state index in [1.54, 1.807) is 0 Å². The van der Waals surface area contributed by atoms with Crippen LogP contribution in [-0.4, -0.2) is 5.11 Å². The van der Waals surface area contributed by atoms with Crippen LogP contribution in [0.3, 0.4) is 0 Å². The fourth-order valence-corrected chi connectivity index (χ4v) is 2.48. The molecule has 0 fully saturated rings. The molecule has 1 aliphatic rings. The van der Waals surface area contributed by atoms with Gasteiger partial charge in [0.15, 0.2) is 0 Å². The maximum atomic E-state index is 9.41. The Morgan fingerprint density at radius 2 is 1.93 bits per heavy atom. The Balaban J connectivity index is 2.24. The first-order valence-corrected chi connectivity index (χ1v) is 5.77. The third-order valence-corrected chi connectivity index (χ3v) is 3.64. The molecule has 0 aliphatic heterocycles. The second-order valence-electron chi connectivity index (χ2n) is 5.76. The van der Waals surface area contributed by atoms with Crippen molar-refractivity contribution in [2.24, 2.45) is 11.3 Å². The van der Waals surface area contributed by atoms with Crippen LogP contribution in [0.15, 0.2) is 18.2 Å². The van der Waals surface area contributed by atoms with Crippen LogP contribution in [0.2, 0.25) is 0 Å². The van der Waals surface area contributed by atoms with Gasteiger partial charge in [0.05, 0.1) is 0 Å². The highest BCUT2D eigenvalue weighted by Crippen LogP contribution is 2.37. The predicted octanol–water partition coefficient (Wildman–Crippen LogP) is 3.54. The third-order valence-electron chi connectivity index (χ3n) is 3.64. The molecule has 0 amide bonds. The van der Waals surface area contributed by atoms with Crippen LogP contribution in [-0.2, 0) is 12.8 Å². The summed E-state index contributed by atoms with van der Waals surface area (Å²) >= 11 is 0. The van der Waals surface area contributed by atoms with Gasteiger partial charge in [-0.2, -0.15) is 0 Å². The van der Waals surface area contributed by atoms with Crippen LogP contribution in [0, 0.1) is 11.3 Å². The van der Waals surface area contributed by atoms with Gasteiger partial charge in [0, 0.05) is 0 Å². The number of rotatable bonds is 0. The number of benzene rings is 1. The summed E-state index contributed by atoms with van der Waals surface area (Å²) in [5.74, 6) is 1.18. The van der Waals surface area contributed by atoms with Crippen molar-refractivity contribution in [3.05, 3.63) is 29.3 Å². The molecule has 0 unspecified atom stereocenters. The summed E-state index contributed by atoms with van der Waals surface area (Å²) in [5, 5.41) is 9.41. The quantitative estimate of drug-likeness (QED) is 0.685. The number of hydrogen-bond acceptors (Lipinski definition) is 1. The summed E-state index contributed by atoms with van der Waals surface area (Å²) in [5.41, 5.74) is 3.17. The highest BCUT2D eigenvalue weighted by molar-refractivity contribution is 5.36. The topological polar surface area (TPSA) is 20.2 Å². The first-order valence-electron chi connectivity index (χ1n) is 5.77. The summed E-state index contributed by atoms with van der Waals surface area (Å²) in [4.78, 5) is 0. The molecule has 1 N–H and O–H groups in total. The van der Waals surface area contributed by atoms with Crippen molar-refractivity contribution < 1.29 is 5.11 Å². The molecule has 82 valence electrons. The van der Waals surface area contributed by atoms with Gasteiger partial charge in [-0.15, -0.1) is 0 Å². The molecule has 15 heavy (non-hydrogen) atoms. The van der Waals surface area contributed by atoms with Gasteiger partial charge in [0.25, 0.3) is 0 Å². The van der Waals surface area contributed by atoms with E-state index < -0.39 is 0 Å². The highest BCUT2D eigenvalue weighted by atomic mass is 16.3. The fraction of sp³-hybridized carbons (Fsp3) is 0.571. The Bertz CT molecular complexity index is 360. The summed E-state index contributed by atoms with van der Waals surface area (Å²) < 4.78 is 0. The second-order valence-corrected chi connectivity index (χ2v) is 5.76. The Kier molecular flexibility index (Phi) is 2.49. The Morgan fingerprint density at radius 3 is 2.60 bits per heavy atom. The molecule has 1 heteroatoms. The number of fused-ring (bicyclic) bond motifs is 1. The van der Waals surface area contributed by atoms with E-state index in [0.717, 1.165) is 12.3 Å². The van der Waals surface area contributed by atoms with Gasteiger partial charge >= 0.3 is 0 Å². The lowest BCUT2D eigenvalue weighted by atomic mass is 9.70. The molecule has 0 spiro atoms. The average molecular weight is 204 g/mol. The van der Waals surface area contributed by atoms with Crippen molar-refractivity contribution in [1.29, 1.82) is 0 Å². The van der Waals surface area contributed by atoms with Crippen molar-refractivity contribution in [2.45, 2.75) is 40.0 Å². The summed E-state index contributed by atoms with van der Waals surface area (Å²) in [6, 6.07) is 5.82. The molecule has 1 aromatic rings. The standard InChI is InChI=1S/C14H20O/c1-14(2,3)12-6-4-11-9-13(15)7-5-10(11)8-12/h5,7,9,12,15H,4,6,8H2,1-3H3/t12-/m0/s1. The van der Waals surface area contributed by atoms with Gasteiger partial charge in [-0.1, -0.05) is 26.8 Å². The number of hydrogen-bond donors (Lipinski definition) is 1. The second kappa shape index (κ2) is 3.55. The zero-order chi connectivity index (χ0) is 11.1. The number of phenolic OH excluding ortho intramolecular Hbond substituents is 1. The molecular weight excluding hydrogens is 184 g/mol. The third kappa shape index (κ3) is 2.17. The van der Waals surface area contributed by atoms with Gasteiger partial charge in [0.2, 0.25) is 0 Å². The first-order chi connectivity index (χ1) is 6.97. The van der Waals surface area contributed by atoms with Gasteiger partial charge < -0.3 is 5.11 Å². The molecule has 0 radical (unpaired) electrons. The average Bonchev–Trinajstić information content (AvgIpc) is 2.15. The van der Waals surface area contributed by atoms with E-state index in [1.807, 2.05) is 12.1 Å². The Hall–Kier alpha value is -0.980. The highest BCUT2D eigenvalue weighted by Gasteiger charge is 2.28. The number of aryl methyl sites for hydroxylation is 1. The normalized spacial score (nSPS) is 21.1. The van der Waals surface area contributed by atoms with Gasteiger partial charge in [-0.3, -0.25) is 0 Å². The molecule has 1 atom stereocenters. The maximum absolute atomic E-state index is 9.41. The minimum atomic E-state index is 0.398. The molecule has 0 bridgehead atoms. The lowest BCUT2D eigenvalue weighted by Gasteiger charge is -2.35. The minimum Gasteiger partial charge on any atom is -0.508 e. The van der Waals surface area contributed by atoms with Crippen molar-refractivity contribution in [3.8, 4) is 5.75 Å². The van der Waals surface area contributed by atoms with Crippen LogP contribution >= 0.6 is 0 Å². The van der Waals surface area contributed by atoms with Gasteiger partial charge in [0.1, 0.15) is 5.75 Å². The van der Waals surface area contributed by atoms with E-state index in [2.05, 4.69) is 26.8 Å². The first kappa shape index (κ1) is 10.5.